The van der Waals surface area contributed by atoms with Gasteiger partial charge >= 0.3 is 11.7 Å². The fourth-order valence-corrected chi connectivity index (χ4v) is 5.09. The van der Waals surface area contributed by atoms with Crippen molar-refractivity contribution in [2.45, 2.75) is 58.7 Å². The molecule has 0 radical (unpaired) electrons. The van der Waals surface area contributed by atoms with Crippen LogP contribution in [0.3, 0.4) is 0 Å². The number of nitrogens with one attached hydrogen (secondary N) is 1. The van der Waals surface area contributed by atoms with E-state index < -0.39 is 16.8 Å². The fourth-order valence-electron chi connectivity index (χ4n) is 3.82. The molecule has 1 amide bonds. The average molecular weight is 499 g/mol. The molecule has 1 unspecified atom stereocenters. The summed E-state index contributed by atoms with van der Waals surface area (Å²) >= 11 is 1.40. The summed E-state index contributed by atoms with van der Waals surface area (Å²) in [6.07, 6.45) is 4.15. The third kappa shape index (κ3) is 5.54. The number of furan rings is 1. The first-order chi connectivity index (χ1) is 16.9. The molecule has 4 rings (SSSR count). The van der Waals surface area contributed by atoms with Gasteiger partial charge in [-0.2, -0.15) is 0 Å². The quantitative estimate of drug-likeness (QED) is 0.221. The van der Waals surface area contributed by atoms with Crippen LogP contribution in [0.2, 0.25) is 0 Å². The van der Waals surface area contributed by atoms with Gasteiger partial charge in [0.25, 0.3) is 5.91 Å². The predicted molar refractivity (Wildman–Crippen MR) is 130 cm³/mol. The minimum absolute atomic E-state index is 0.0405. The van der Waals surface area contributed by atoms with Crippen LogP contribution in [0.15, 0.2) is 40.8 Å². The molecule has 0 aliphatic heterocycles. The highest BCUT2D eigenvalue weighted by Gasteiger charge is 2.29. The molecule has 9 nitrogen and oxygen atoms in total. The second-order valence-corrected chi connectivity index (χ2v) is 9.38. The molecule has 10 heteroatoms. The normalized spacial score (nSPS) is 13.5. The van der Waals surface area contributed by atoms with Gasteiger partial charge < -0.3 is 19.2 Å². The highest BCUT2D eigenvalue weighted by Crippen LogP contribution is 2.39. The van der Waals surface area contributed by atoms with E-state index in [0.717, 1.165) is 36.1 Å². The van der Waals surface area contributed by atoms with Crippen molar-refractivity contribution in [3.8, 4) is 5.75 Å². The number of para-hydroxylation sites is 2. The highest BCUT2D eigenvalue weighted by molar-refractivity contribution is 7.17. The first-order valence-corrected chi connectivity index (χ1v) is 12.3. The van der Waals surface area contributed by atoms with E-state index in [4.69, 9.17) is 13.9 Å². The number of nitro groups is 1. The summed E-state index contributed by atoms with van der Waals surface area (Å²) in [5.41, 5.74) is 1.24. The molecule has 0 bridgehead atoms. The maximum Gasteiger partial charge on any atom is 0.341 e. The molecule has 2 aromatic heterocycles. The summed E-state index contributed by atoms with van der Waals surface area (Å²) in [4.78, 5) is 37.6. The molecule has 0 saturated carbocycles. The van der Waals surface area contributed by atoms with E-state index in [1.54, 1.807) is 18.2 Å². The van der Waals surface area contributed by atoms with Gasteiger partial charge in [-0.1, -0.05) is 19.1 Å². The van der Waals surface area contributed by atoms with Crippen molar-refractivity contribution in [1.82, 2.24) is 0 Å². The number of nitrogens with zero attached hydrogens (tertiary/aromatic N) is 1. The number of hydrogen-bond acceptors (Lipinski definition) is 8. The predicted octanol–water partition coefficient (Wildman–Crippen LogP) is 5.91. The first-order valence-electron chi connectivity index (χ1n) is 11.5. The van der Waals surface area contributed by atoms with Crippen molar-refractivity contribution in [2.75, 3.05) is 5.32 Å². The van der Waals surface area contributed by atoms with Gasteiger partial charge in [-0.25, -0.2) is 4.79 Å². The molecule has 2 heterocycles. The Bertz CT molecular complexity index is 1250. The number of esters is 1. The Morgan fingerprint density at radius 3 is 2.74 bits per heavy atom. The number of carbonyl (C=O) groups excluding carboxylic acids is 2. The average Bonchev–Trinajstić information content (AvgIpc) is 3.47. The van der Waals surface area contributed by atoms with E-state index in [-0.39, 0.29) is 29.9 Å². The van der Waals surface area contributed by atoms with E-state index in [0.29, 0.717) is 22.7 Å². The van der Waals surface area contributed by atoms with Crippen LogP contribution in [0.1, 0.15) is 70.2 Å². The largest absolute Gasteiger partial charge is 0.479 e. The van der Waals surface area contributed by atoms with Crippen molar-refractivity contribution < 1.29 is 28.4 Å². The number of hydrogen-bond donors (Lipinski definition) is 1. The molecule has 1 atom stereocenters. The topological polar surface area (TPSA) is 121 Å². The number of nitro benzene ring substituents is 1. The lowest BCUT2D eigenvalue weighted by atomic mass is 9.95. The lowest BCUT2D eigenvalue weighted by Gasteiger charge is -2.15. The van der Waals surface area contributed by atoms with Gasteiger partial charge in [-0.05, 0) is 62.8 Å². The van der Waals surface area contributed by atoms with E-state index >= 15 is 0 Å². The first kappa shape index (κ1) is 24.5. The summed E-state index contributed by atoms with van der Waals surface area (Å²) in [7, 11) is 0. The standard InChI is InChI=1S/C25H26N2O7S/c1-3-15(2)33-25(29)22-17-8-4-7-11-21(17)35-24(22)26-23(28)20-13-12-16(34-20)14-32-19-10-6-5-9-18(19)27(30)31/h5-6,9-10,12-13,15H,3-4,7-8,11,14H2,1-2H3,(H,26,28). The Labute approximate surface area is 206 Å². The molecule has 1 N–H and O–H groups in total. The smallest absolute Gasteiger partial charge is 0.341 e. The van der Waals surface area contributed by atoms with E-state index in [1.165, 1.54) is 29.5 Å². The second-order valence-electron chi connectivity index (χ2n) is 8.27. The Kier molecular flexibility index (Phi) is 7.50. The number of fused-ring (bicyclic) bond motifs is 1. The van der Waals surface area contributed by atoms with Crippen molar-refractivity contribution in [2.24, 2.45) is 0 Å². The zero-order chi connectivity index (χ0) is 24.9. The maximum absolute atomic E-state index is 12.9. The Morgan fingerprint density at radius 2 is 1.97 bits per heavy atom. The third-order valence-electron chi connectivity index (χ3n) is 5.80. The van der Waals surface area contributed by atoms with Gasteiger partial charge in [-0.3, -0.25) is 14.9 Å². The zero-order valence-electron chi connectivity index (χ0n) is 19.5. The number of anilines is 1. The van der Waals surface area contributed by atoms with Crippen LogP contribution in [0.25, 0.3) is 0 Å². The van der Waals surface area contributed by atoms with Crippen LogP contribution in [0.4, 0.5) is 10.7 Å². The molecule has 35 heavy (non-hydrogen) atoms. The summed E-state index contributed by atoms with van der Waals surface area (Å²) in [5, 5.41) is 14.4. The van der Waals surface area contributed by atoms with Gasteiger partial charge in [0, 0.05) is 10.9 Å². The van der Waals surface area contributed by atoms with E-state index in [1.807, 2.05) is 13.8 Å². The van der Waals surface area contributed by atoms with Crippen LogP contribution >= 0.6 is 11.3 Å². The van der Waals surface area contributed by atoms with Crippen molar-refractivity contribution >= 4 is 33.9 Å². The molecule has 0 spiro atoms. The minimum Gasteiger partial charge on any atom is -0.479 e. The number of aryl methyl sites for hydroxylation is 1. The Balaban J connectivity index is 1.48. The maximum atomic E-state index is 12.9. The molecule has 1 aromatic carbocycles. The van der Waals surface area contributed by atoms with Gasteiger partial charge in [-0.15, -0.1) is 11.3 Å². The molecule has 184 valence electrons. The summed E-state index contributed by atoms with van der Waals surface area (Å²) < 4.78 is 16.7. The highest BCUT2D eigenvalue weighted by atomic mass is 32.1. The number of amides is 1. The zero-order valence-corrected chi connectivity index (χ0v) is 20.3. The van der Waals surface area contributed by atoms with Crippen LogP contribution in [-0.2, 0) is 24.2 Å². The number of thiophene rings is 1. The molecule has 0 fully saturated rings. The van der Waals surface area contributed by atoms with Crippen LogP contribution < -0.4 is 10.1 Å². The van der Waals surface area contributed by atoms with Crippen LogP contribution in [0, 0.1) is 10.1 Å². The fraction of sp³-hybridized carbons (Fsp3) is 0.360. The van der Waals surface area contributed by atoms with Crippen molar-refractivity contribution in [1.29, 1.82) is 0 Å². The Morgan fingerprint density at radius 1 is 1.20 bits per heavy atom. The summed E-state index contributed by atoms with van der Waals surface area (Å²) in [6, 6.07) is 9.09. The number of ether oxygens (including phenoxy) is 2. The minimum atomic E-state index is -0.527. The van der Waals surface area contributed by atoms with Crippen LogP contribution in [0.5, 0.6) is 5.75 Å². The molecule has 1 aliphatic rings. The van der Waals surface area contributed by atoms with Gasteiger partial charge in [0.05, 0.1) is 16.6 Å². The van der Waals surface area contributed by atoms with Gasteiger partial charge in [0.2, 0.25) is 0 Å². The molecule has 0 saturated heterocycles. The molecule has 1 aliphatic carbocycles. The Hall–Kier alpha value is -3.66. The van der Waals surface area contributed by atoms with Crippen molar-refractivity contribution in [3.05, 3.63) is 74.0 Å². The third-order valence-corrected chi connectivity index (χ3v) is 7.01. The van der Waals surface area contributed by atoms with E-state index in [2.05, 4.69) is 5.32 Å². The monoisotopic (exact) mass is 498 g/mol. The second kappa shape index (κ2) is 10.7. The van der Waals surface area contributed by atoms with Gasteiger partial charge in [0.1, 0.15) is 17.4 Å². The number of carbonyl (C=O) groups is 2. The lowest BCUT2D eigenvalue weighted by molar-refractivity contribution is -0.386. The van der Waals surface area contributed by atoms with E-state index in [9.17, 15) is 19.7 Å². The SMILES string of the molecule is CCC(C)OC(=O)c1c(NC(=O)c2ccc(COc3ccccc3[N+](=O)[O-])o2)sc2c1CCCC2. The summed E-state index contributed by atoms with van der Waals surface area (Å²) in [6.45, 7) is 3.70. The molecular formula is C25H26N2O7S. The lowest BCUT2D eigenvalue weighted by Crippen LogP contribution is -2.18. The van der Waals surface area contributed by atoms with Crippen LogP contribution in [-0.4, -0.2) is 22.9 Å². The molecule has 3 aromatic rings. The van der Waals surface area contributed by atoms with Crippen molar-refractivity contribution in [3.63, 3.8) is 0 Å². The number of benzene rings is 1. The molecular weight excluding hydrogens is 472 g/mol. The summed E-state index contributed by atoms with van der Waals surface area (Å²) in [5.74, 6) is -0.451. The van der Waals surface area contributed by atoms with Gasteiger partial charge in [0.15, 0.2) is 11.5 Å². The number of rotatable bonds is 9.